The number of hydrogen-bond acceptors (Lipinski definition) is 5. The molecule has 0 radical (unpaired) electrons. The van der Waals surface area contributed by atoms with Gasteiger partial charge in [0.1, 0.15) is 6.54 Å². The maximum absolute atomic E-state index is 12.1. The van der Waals surface area contributed by atoms with Crippen LogP contribution in [0.15, 0.2) is 0 Å². The zero-order valence-electron chi connectivity index (χ0n) is 14.0. The molecule has 2 saturated heterocycles. The Labute approximate surface area is 145 Å². The smallest absolute Gasteiger partial charge is 0.325 e. The minimum Gasteiger partial charge on any atom is -0.465 e. The maximum atomic E-state index is 12.1. The quantitative estimate of drug-likeness (QED) is 0.695. The minimum atomic E-state index is -0.363. The Hall–Kier alpha value is -0.850. The number of hydrogen-bond donors (Lipinski definition) is 2. The standard InChI is InChI=1S/C16H29N3O3.ClH/c1-2-22-15(20)11-18-16(21)14-5-8-19(9-6-14)12-13-4-3-7-17-10-13;/h13-14,17H,2-12H2,1H3,(H,18,21);1H. The van der Waals surface area contributed by atoms with Crippen molar-refractivity contribution in [1.29, 1.82) is 0 Å². The summed E-state index contributed by atoms with van der Waals surface area (Å²) in [7, 11) is 0. The monoisotopic (exact) mass is 347 g/mol. The summed E-state index contributed by atoms with van der Waals surface area (Å²) in [5, 5.41) is 6.15. The van der Waals surface area contributed by atoms with Crippen LogP contribution in [-0.2, 0) is 14.3 Å². The zero-order chi connectivity index (χ0) is 15.8. The highest BCUT2D eigenvalue weighted by atomic mass is 35.5. The third-order valence-electron chi connectivity index (χ3n) is 4.59. The first-order valence-electron chi connectivity index (χ1n) is 8.55. The van der Waals surface area contributed by atoms with Crippen molar-refractivity contribution in [2.24, 2.45) is 11.8 Å². The Morgan fingerprint density at radius 1 is 1.26 bits per heavy atom. The Morgan fingerprint density at radius 2 is 2.00 bits per heavy atom. The van der Waals surface area contributed by atoms with E-state index in [2.05, 4.69) is 15.5 Å². The SMILES string of the molecule is CCOC(=O)CNC(=O)C1CCN(CC2CCCNC2)CC1.Cl. The number of rotatable bonds is 6. The number of halogens is 1. The molecule has 0 aromatic rings. The van der Waals surface area contributed by atoms with Crippen LogP contribution in [0.4, 0.5) is 0 Å². The van der Waals surface area contributed by atoms with Gasteiger partial charge in [0.05, 0.1) is 6.61 Å². The van der Waals surface area contributed by atoms with Crippen LogP contribution in [0.2, 0.25) is 0 Å². The molecule has 0 bridgehead atoms. The van der Waals surface area contributed by atoms with E-state index in [0.717, 1.165) is 51.5 Å². The Balaban J connectivity index is 0.00000264. The molecule has 2 aliphatic rings. The van der Waals surface area contributed by atoms with Gasteiger partial charge in [0.15, 0.2) is 0 Å². The number of carbonyl (C=O) groups excluding carboxylic acids is 2. The van der Waals surface area contributed by atoms with Gasteiger partial charge in [-0.3, -0.25) is 9.59 Å². The lowest BCUT2D eigenvalue weighted by molar-refractivity contribution is -0.144. The molecule has 0 spiro atoms. The van der Waals surface area contributed by atoms with Gasteiger partial charge in [0.2, 0.25) is 5.91 Å². The van der Waals surface area contributed by atoms with Gasteiger partial charge in [0, 0.05) is 12.5 Å². The number of nitrogens with one attached hydrogen (secondary N) is 2. The Bertz CT molecular complexity index is 368. The molecule has 134 valence electrons. The van der Waals surface area contributed by atoms with Crippen LogP contribution in [0.3, 0.4) is 0 Å². The minimum absolute atomic E-state index is 0. The number of likely N-dealkylation sites (tertiary alicyclic amines) is 1. The summed E-state index contributed by atoms with van der Waals surface area (Å²) in [6.07, 6.45) is 4.36. The number of amides is 1. The van der Waals surface area contributed by atoms with Gasteiger partial charge in [-0.05, 0) is 64.7 Å². The summed E-state index contributed by atoms with van der Waals surface area (Å²) < 4.78 is 4.81. The average molecular weight is 348 g/mol. The van der Waals surface area contributed by atoms with E-state index in [1.807, 2.05) is 0 Å². The predicted octanol–water partition coefficient (Wildman–Crippen LogP) is 0.799. The summed E-state index contributed by atoms with van der Waals surface area (Å²) in [6.45, 7) is 7.48. The highest BCUT2D eigenvalue weighted by Gasteiger charge is 2.26. The molecule has 2 N–H and O–H groups in total. The molecule has 2 rings (SSSR count). The molecule has 0 aromatic heterocycles. The van der Waals surface area contributed by atoms with E-state index in [9.17, 15) is 9.59 Å². The number of esters is 1. The first-order valence-corrected chi connectivity index (χ1v) is 8.55. The van der Waals surface area contributed by atoms with Crippen LogP contribution in [0, 0.1) is 11.8 Å². The van der Waals surface area contributed by atoms with E-state index in [4.69, 9.17) is 4.74 Å². The van der Waals surface area contributed by atoms with Crippen LogP contribution in [0.1, 0.15) is 32.6 Å². The van der Waals surface area contributed by atoms with Crippen LogP contribution in [0.5, 0.6) is 0 Å². The van der Waals surface area contributed by atoms with Gasteiger partial charge in [-0.1, -0.05) is 0 Å². The molecule has 0 aliphatic carbocycles. The molecule has 23 heavy (non-hydrogen) atoms. The van der Waals surface area contributed by atoms with E-state index in [1.54, 1.807) is 6.92 Å². The largest absolute Gasteiger partial charge is 0.465 e. The van der Waals surface area contributed by atoms with Gasteiger partial charge < -0.3 is 20.3 Å². The lowest BCUT2D eigenvalue weighted by Crippen LogP contribution is -2.45. The lowest BCUT2D eigenvalue weighted by Gasteiger charge is -2.35. The summed E-state index contributed by atoms with van der Waals surface area (Å²) in [4.78, 5) is 25.8. The summed E-state index contributed by atoms with van der Waals surface area (Å²) in [6, 6.07) is 0. The van der Waals surface area contributed by atoms with Gasteiger partial charge >= 0.3 is 5.97 Å². The molecule has 2 fully saturated rings. The average Bonchev–Trinajstić information content (AvgIpc) is 2.54. The fourth-order valence-electron chi connectivity index (χ4n) is 3.34. The molecular weight excluding hydrogens is 318 g/mol. The summed E-state index contributed by atoms with van der Waals surface area (Å²) in [5.41, 5.74) is 0. The topological polar surface area (TPSA) is 70.7 Å². The molecule has 6 nitrogen and oxygen atoms in total. The Kier molecular flexibility index (Phi) is 9.52. The van der Waals surface area contributed by atoms with Crippen molar-refractivity contribution in [3.63, 3.8) is 0 Å². The number of ether oxygens (including phenoxy) is 1. The summed E-state index contributed by atoms with van der Waals surface area (Å²) in [5.74, 6) is 0.420. The van der Waals surface area contributed by atoms with E-state index < -0.39 is 0 Å². The molecule has 7 heteroatoms. The van der Waals surface area contributed by atoms with Crippen molar-refractivity contribution in [2.75, 3.05) is 45.9 Å². The third-order valence-corrected chi connectivity index (χ3v) is 4.59. The highest BCUT2D eigenvalue weighted by molar-refractivity contribution is 5.85. The third kappa shape index (κ3) is 7.06. The number of nitrogens with zero attached hydrogens (tertiary/aromatic N) is 1. The fraction of sp³-hybridized carbons (Fsp3) is 0.875. The molecule has 0 aromatic carbocycles. The van der Waals surface area contributed by atoms with Gasteiger partial charge in [-0.15, -0.1) is 12.4 Å². The first-order chi connectivity index (χ1) is 10.7. The molecule has 1 unspecified atom stereocenters. The zero-order valence-corrected chi connectivity index (χ0v) is 14.8. The Morgan fingerprint density at radius 3 is 2.61 bits per heavy atom. The van der Waals surface area contributed by atoms with Crippen molar-refractivity contribution < 1.29 is 14.3 Å². The van der Waals surface area contributed by atoms with E-state index in [1.165, 1.54) is 12.8 Å². The van der Waals surface area contributed by atoms with Crippen molar-refractivity contribution in [3.8, 4) is 0 Å². The molecule has 2 heterocycles. The van der Waals surface area contributed by atoms with Crippen LogP contribution in [0.25, 0.3) is 0 Å². The van der Waals surface area contributed by atoms with E-state index in [-0.39, 0.29) is 36.7 Å². The van der Waals surface area contributed by atoms with Gasteiger partial charge in [-0.2, -0.15) is 0 Å². The van der Waals surface area contributed by atoms with Crippen LogP contribution < -0.4 is 10.6 Å². The molecule has 1 atom stereocenters. The highest BCUT2D eigenvalue weighted by Crippen LogP contribution is 2.20. The number of carbonyl (C=O) groups is 2. The number of piperidine rings is 2. The normalized spacial score (nSPS) is 22.9. The second-order valence-corrected chi connectivity index (χ2v) is 6.31. The van der Waals surface area contributed by atoms with Crippen molar-refractivity contribution >= 4 is 24.3 Å². The maximum Gasteiger partial charge on any atom is 0.325 e. The van der Waals surface area contributed by atoms with E-state index >= 15 is 0 Å². The first kappa shape index (κ1) is 20.2. The van der Waals surface area contributed by atoms with Crippen molar-refractivity contribution in [2.45, 2.75) is 32.6 Å². The van der Waals surface area contributed by atoms with E-state index in [0.29, 0.717) is 6.61 Å². The van der Waals surface area contributed by atoms with Gasteiger partial charge in [-0.25, -0.2) is 0 Å². The lowest BCUT2D eigenvalue weighted by atomic mass is 9.93. The summed E-state index contributed by atoms with van der Waals surface area (Å²) >= 11 is 0. The van der Waals surface area contributed by atoms with Gasteiger partial charge in [0.25, 0.3) is 0 Å². The van der Waals surface area contributed by atoms with Crippen molar-refractivity contribution in [1.82, 2.24) is 15.5 Å². The second-order valence-electron chi connectivity index (χ2n) is 6.31. The fourth-order valence-corrected chi connectivity index (χ4v) is 3.34. The van der Waals surface area contributed by atoms with Crippen LogP contribution >= 0.6 is 12.4 Å². The predicted molar refractivity (Wildman–Crippen MR) is 91.6 cm³/mol. The molecule has 1 amide bonds. The van der Waals surface area contributed by atoms with Crippen LogP contribution in [-0.4, -0.2) is 62.7 Å². The molecular formula is C16H30ClN3O3. The molecule has 0 saturated carbocycles. The van der Waals surface area contributed by atoms with Crippen molar-refractivity contribution in [3.05, 3.63) is 0 Å². The second kappa shape index (κ2) is 10.8. The molecule has 2 aliphatic heterocycles.